The summed E-state index contributed by atoms with van der Waals surface area (Å²) in [6.07, 6.45) is 0. The van der Waals surface area contributed by atoms with Crippen molar-refractivity contribution in [2.45, 2.75) is 45.2 Å². The summed E-state index contributed by atoms with van der Waals surface area (Å²) in [5.74, 6) is 1.16. The summed E-state index contributed by atoms with van der Waals surface area (Å²) in [7, 11) is 3.09. The first-order chi connectivity index (χ1) is 16.1. The molecular formula is C25H28N4O5. The van der Waals surface area contributed by atoms with Crippen molar-refractivity contribution in [3.8, 4) is 22.9 Å². The smallest absolute Gasteiger partial charge is 0.325 e. The van der Waals surface area contributed by atoms with E-state index in [2.05, 4.69) is 36.2 Å². The van der Waals surface area contributed by atoms with Crippen molar-refractivity contribution in [1.29, 1.82) is 0 Å². The van der Waals surface area contributed by atoms with Crippen LogP contribution in [0.3, 0.4) is 0 Å². The quantitative estimate of drug-likeness (QED) is 0.549. The predicted molar refractivity (Wildman–Crippen MR) is 124 cm³/mol. The molecule has 0 bridgehead atoms. The third-order valence-electron chi connectivity index (χ3n) is 6.01. The lowest BCUT2D eigenvalue weighted by atomic mass is 9.84. The lowest BCUT2D eigenvalue weighted by molar-refractivity contribution is -0.131. The predicted octanol–water partition coefficient (Wildman–Crippen LogP) is 4.02. The van der Waals surface area contributed by atoms with E-state index in [1.54, 1.807) is 32.2 Å². The Balaban J connectivity index is 1.54. The van der Waals surface area contributed by atoms with E-state index in [1.165, 1.54) is 7.11 Å². The van der Waals surface area contributed by atoms with Gasteiger partial charge in [0, 0.05) is 5.56 Å². The Bertz CT molecular complexity index is 1230. The second kappa shape index (κ2) is 8.48. The highest BCUT2D eigenvalue weighted by molar-refractivity contribution is 6.07. The number of methoxy groups -OCH3 is 2. The minimum absolute atomic E-state index is 0.0159. The maximum Gasteiger partial charge on any atom is 0.325 e. The number of ether oxygens (including phenoxy) is 2. The zero-order chi connectivity index (χ0) is 24.7. The van der Waals surface area contributed by atoms with Gasteiger partial charge >= 0.3 is 6.03 Å². The fraction of sp³-hybridized carbons (Fsp3) is 0.360. The van der Waals surface area contributed by atoms with Crippen molar-refractivity contribution in [2.24, 2.45) is 0 Å². The van der Waals surface area contributed by atoms with E-state index < -0.39 is 11.6 Å². The maximum absolute atomic E-state index is 13.3. The molecule has 1 aliphatic heterocycles. The number of urea groups is 1. The third-order valence-corrected chi connectivity index (χ3v) is 6.01. The van der Waals surface area contributed by atoms with Crippen LogP contribution in [-0.2, 0) is 22.3 Å². The van der Waals surface area contributed by atoms with Gasteiger partial charge in [-0.05, 0) is 41.7 Å². The van der Waals surface area contributed by atoms with Gasteiger partial charge in [0.15, 0.2) is 11.5 Å². The van der Waals surface area contributed by atoms with Gasteiger partial charge in [0.05, 0.1) is 14.2 Å². The Morgan fingerprint density at radius 1 is 1.03 bits per heavy atom. The van der Waals surface area contributed by atoms with E-state index >= 15 is 0 Å². The minimum Gasteiger partial charge on any atom is -0.493 e. The molecule has 1 N–H and O–H groups in total. The Labute approximate surface area is 198 Å². The minimum atomic E-state index is -1.18. The van der Waals surface area contributed by atoms with Crippen molar-refractivity contribution >= 4 is 11.9 Å². The van der Waals surface area contributed by atoms with Crippen LogP contribution >= 0.6 is 0 Å². The van der Waals surface area contributed by atoms with Crippen LogP contribution in [0.15, 0.2) is 47.0 Å². The van der Waals surface area contributed by atoms with E-state index in [0.29, 0.717) is 28.5 Å². The first-order valence-electron chi connectivity index (χ1n) is 10.9. The van der Waals surface area contributed by atoms with E-state index in [1.807, 2.05) is 24.3 Å². The molecule has 9 heteroatoms. The number of carbonyl (C=O) groups excluding carboxylic acids is 2. The van der Waals surface area contributed by atoms with Crippen molar-refractivity contribution in [2.75, 3.05) is 14.2 Å². The van der Waals surface area contributed by atoms with Gasteiger partial charge in [0.1, 0.15) is 12.1 Å². The molecule has 1 fully saturated rings. The summed E-state index contributed by atoms with van der Waals surface area (Å²) in [5, 5.41) is 6.79. The molecule has 34 heavy (non-hydrogen) atoms. The van der Waals surface area contributed by atoms with Gasteiger partial charge in [-0.2, -0.15) is 4.98 Å². The van der Waals surface area contributed by atoms with Crippen LogP contribution in [0, 0.1) is 0 Å². The average Bonchev–Trinajstić information content (AvgIpc) is 3.37. The number of rotatable bonds is 6. The highest BCUT2D eigenvalue weighted by atomic mass is 16.5. The highest BCUT2D eigenvalue weighted by Crippen LogP contribution is 2.33. The molecule has 178 valence electrons. The second-order valence-corrected chi connectivity index (χ2v) is 9.36. The molecule has 1 aromatic heterocycles. The Morgan fingerprint density at radius 3 is 2.32 bits per heavy atom. The summed E-state index contributed by atoms with van der Waals surface area (Å²) in [4.78, 5) is 31.4. The van der Waals surface area contributed by atoms with Gasteiger partial charge in [-0.1, -0.05) is 50.2 Å². The fourth-order valence-electron chi connectivity index (χ4n) is 3.89. The van der Waals surface area contributed by atoms with Gasteiger partial charge in [-0.15, -0.1) is 0 Å². The molecule has 0 radical (unpaired) electrons. The number of aromatic nitrogens is 2. The van der Waals surface area contributed by atoms with Gasteiger partial charge in [0.2, 0.25) is 11.7 Å². The van der Waals surface area contributed by atoms with Crippen LogP contribution in [0.5, 0.6) is 11.5 Å². The topological polar surface area (TPSA) is 107 Å². The molecule has 2 aromatic carbocycles. The standard InChI is InChI=1S/C25H28N4O5/c1-24(2,3)16-8-10-17(11-9-16)25(4)22(30)29(23(31)27-25)14-20-26-21(28-34-20)15-7-12-18(32-5)19(13-15)33-6/h7-13H,14H2,1-6H3,(H,27,31)/t25-/m0/s1. The monoisotopic (exact) mass is 464 g/mol. The van der Waals surface area contributed by atoms with Crippen molar-refractivity contribution in [3.05, 3.63) is 59.5 Å². The van der Waals surface area contributed by atoms with E-state index in [0.717, 1.165) is 10.5 Å². The first-order valence-corrected chi connectivity index (χ1v) is 10.9. The molecule has 1 atom stereocenters. The fourth-order valence-corrected chi connectivity index (χ4v) is 3.89. The van der Waals surface area contributed by atoms with Gasteiger partial charge < -0.3 is 19.3 Å². The molecule has 1 aliphatic rings. The second-order valence-electron chi connectivity index (χ2n) is 9.36. The number of hydrogen-bond acceptors (Lipinski definition) is 7. The summed E-state index contributed by atoms with van der Waals surface area (Å²) < 4.78 is 15.9. The maximum atomic E-state index is 13.3. The molecule has 0 spiro atoms. The summed E-state index contributed by atoms with van der Waals surface area (Å²) in [6, 6.07) is 12.4. The van der Waals surface area contributed by atoms with Crippen LogP contribution < -0.4 is 14.8 Å². The number of imide groups is 1. The molecule has 0 aliphatic carbocycles. The van der Waals surface area contributed by atoms with Crippen molar-refractivity contribution in [1.82, 2.24) is 20.4 Å². The number of nitrogens with zero attached hydrogens (tertiary/aromatic N) is 3. The zero-order valence-electron chi connectivity index (χ0n) is 20.1. The lowest BCUT2D eigenvalue weighted by Gasteiger charge is -2.24. The van der Waals surface area contributed by atoms with Crippen molar-refractivity contribution < 1.29 is 23.6 Å². The Morgan fingerprint density at radius 2 is 1.71 bits per heavy atom. The molecule has 4 rings (SSSR count). The number of benzene rings is 2. The zero-order valence-corrected chi connectivity index (χ0v) is 20.1. The van der Waals surface area contributed by atoms with Gasteiger partial charge in [-0.25, -0.2) is 4.79 Å². The Hall–Kier alpha value is -3.88. The largest absolute Gasteiger partial charge is 0.493 e. The number of hydrogen-bond donors (Lipinski definition) is 1. The SMILES string of the molecule is COc1ccc(-c2noc(CN3C(=O)N[C@@](C)(c4ccc(C(C)(C)C)cc4)C3=O)n2)cc1OC. The molecule has 3 aromatic rings. The summed E-state index contributed by atoms with van der Waals surface area (Å²) in [6.45, 7) is 7.92. The van der Waals surface area contributed by atoms with Crippen LogP contribution in [0.2, 0.25) is 0 Å². The van der Waals surface area contributed by atoms with Gasteiger partial charge in [0.25, 0.3) is 5.91 Å². The molecule has 2 heterocycles. The number of carbonyl (C=O) groups is 2. The van der Waals surface area contributed by atoms with Crippen LogP contribution in [0.1, 0.15) is 44.7 Å². The summed E-state index contributed by atoms with van der Waals surface area (Å²) in [5.41, 5.74) is 1.30. The number of amides is 3. The molecule has 9 nitrogen and oxygen atoms in total. The molecule has 0 unspecified atom stereocenters. The van der Waals surface area contributed by atoms with E-state index in [9.17, 15) is 9.59 Å². The highest BCUT2D eigenvalue weighted by Gasteiger charge is 2.49. The summed E-state index contributed by atoms with van der Waals surface area (Å²) >= 11 is 0. The Kier molecular flexibility index (Phi) is 5.80. The molecular weight excluding hydrogens is 436 g/mol. The van der Waals surface area contributed by atoms with E-state index in [4.69, 9.17) is 14.0 Å². The first kappa shape index (κ1) is 23.3. The lowest BCUT2D eigenvalue weighted by Crippen LogP contribution is -2.40. The van der Waals surface area contributed by atoms with Crippen molar-refractivity contribution in [3.63, 3.8) is 0 Å². The van der Waals surface area contributed by atoms with E-state index in [-0.39, 0.29) is 23.8 Å². The third kappa shape index (κ3) is 4.09. The van der Waals surface area contributed by atoms with Crippen LogP contribution in [-0.4, -0.2) is 41.2 Å². The molecule has 3 amide bonds. The van der Waals surface area contributed by atoms with Crippen LogP contribution in [0.25, 0.3) is 11.4 Å². The molecule has 0 saturated carbocycles. The average molecular weight is 465 g/mol. The van der Waals surface area contributed by atoms with Crippen LogP contribution in [0.4, 0.5) is 4.79 Å². The number of nitrogens with one attached hydrogen (secondary N) is 1. The van der Waals surface area contributed by atoms with Gasteiger partial charge in [-0.3, -0.25) is 9.69 Å². The normalized spacial score (nSPS) is 18.2. The molecule has 1 saturated heterocycles.